The van der Waals surface area contributed by atoms with E-state index in [0.717, 1.165) is 34.9 Å². The van der Waals surface area contributed by atoms with E-state index in [2.05, 4.69) is 15.4 Å². The van der Waals surface area contributed by atoms with E-state index >= 15 is 0 Å². The van der Waals surface area contributed by atoms with Gasteiger partial charge >= 0.3 is 6.03 Å². The molecule has 0 atom stereocenters. The number of thiazole rings is 1. The monoisotopic (exact) mass is 382 g/mol. The summed E-state index contributed by atoms with van der Waals surface area (Å²) in [6.45, 7) is 1.48. The number of urea groups is 1. The molecule has 0 radical (unpaired) electrons. The number of fused-ring (bicyclic) bond motifs is 3. The van der Waals surface area contributed by atoms with E-state index < -0.39 is 0 Å². The van der Waals surface area contributed by atoms with Crippen molar-refractivity contribution < 1.29 is 4.79 Å². The molecule has 2 aromatic heterocycles. The highest BCUT2D eigenvalue weighted by atomic mass is 32.1. The number of para-hydroxylation sites is 1. The van der Waals surface area contributed by atoms with Gasteiger partial charge in [0.05, 0.1) is 28.1 Å². The summed E-state index contributed by atoms with van der Waals surface area (Å²) in [6, 6.07) is 9.93. The molecule has 0 saturated carbocycles. The molecule has 0 spiro atoms. The van der Waals surface area contributed by atoms with Gasteiger partial charge in [-0.25, -0.2) is 14.5 Å². The van der Waals surface area contributed by atoms with Crippen molar-refractivity contribution in [1.29, 1.82) is 0 Å². The van der Waals surface area contributed by atoms with Crippen LogP contribution < -0.4 is 5.32 Å². The lowest BCUT2D eigenvalue weighted by Crippen LogP contribution is -2.36. The number of hydrogen-bond donors (Lipinski definition) is 1. The first-order valence-corrected chi connectivity index (χ1v) is 9.64. The van der Waals surface area contributed by atoms with Crippen molar-refractivity contribution in [2.75, 3.05) is 39.5 Å². The molecule has 2 heterocycles. The second kappa shape index (κ2) is 7.13. The molecule has 2 amide bonds. The van der Waals surface area contributed by atoms with Gasteiger partial charge in [-0.15, -0.1) is 0 Å². The molecule has 8 heteroatoms. The molecule has 27 heavy (non-hydrogen) atoms. The van der Waals surface area contributed by atoms with Gasteiger partial charge in [0.1, 0.15) is 0 Å². The molecule has 140 valence electrons. The molecule has 1 aliphatic carbocycles. The van der Waals surface area contributed by atoms with Crippen molar-refractivity contribution >= 4 is 22.5 Å². The number of carbonyl (C=O) groups excluding carboxylic acids is 1. The van der Waals surface area contributed by atoms with Gasteiger partial charge in [0.15, 0.2) is 5.13 Å². The third-order valence-corrected chi connectivity index (χ3v) is 5.58. The summed E-state index contributed by atoms with van der Waals surface area (Å²) in [6.07, 6.45) is 2.66. The summed E-state index contributed by atoms with van der Waals surface area (Å²) < 4.78 is 1.95. The van der Waals surface area contributed by atoms with Gasteiger partial charge in [0.2, 0.25) is 0 Å². The van der Waals surface area contributed by atoms with E-state index in [9.17, 15) is 4.79 Å². The lowest BCUT2D eigenvalue weighted by molar-refractivity contribution is 0.217. The summed E-state index contributed by atoms with van der Waals surface area (Å²) >= 11 is 1.51. The van der Waals surface area contributed by atoms with Crippen LogP contribution in [0.5, 0.6) is 0 Å². The minimum atomic E-state index is -0.138. The van der Waals surface area contributed by atoms with Crippen LogP contribution in [0, 0.1) is 0 Å². The Morgan fingerprint density at radius 3 is 2.74 bits per heavy atom. The van der Waals surface area contributed by atoms with Crippen LogP contribution in [0.15, 0.2) is 36.5 Å². The molecule has 7 nitrogen and oxygen atoms in total. The van der Waals surface area contributed by atoms with Gasteiger partial charge in [-0.2, -0.15) is 5.10 Å². The van der Waals surface area contributed by atoms with Gasteiger partial charge < -0.3 is 9.80 Å². The molecule has 1 N–H and O–H groups in total. The highest BCUT2D eigenvalue weighted by Gasteiger charge is 2.28. The maximum atomic E-state index is 12.4. The largest absolute Gasteiger partial charge is 0.326 e. The third kappa shape index (κ3) is 3.45. The second-order valence-corrected chi connectivity index (χ2v) is 7.89. The third-order valence-electron chi connectivity index (χ3n) is 4.56. The van der Waals surface area contributed by atoms with Gasteiger partial charge in [-0.3, -0.25) is 5.32 Å². The van der Waals surface area contributed by atoms with Crippen molar-refractivity contribution in [3.63, 3.8) is 0 Å². The van der Waals surface area contributed by atoms with E-state index in [-0.39, 0.29) is 6.03 Å². The van der Waals surface area contributed by atoms with Crippen molar-refractivity contribution in [1.82, 2.24) is 24.6 Å². The molecule has 0 bridgehead atoms. The van der Waals surface area contributed by atoms with Crippen LogP contribution in [0.3, 0.4) is 0 Å². The predicted octanol–water partition coefficient (Wildman–Crippen LogP) is 2.93. The summed E-state index contributed by atoms with van der Waals surface area (Å²) in [5.74, 6) is 0. The number of carbonyl (C=O) groups is 1. The fourth-order valence-electron chi connectivity index (χ4n) is 3.05. The number of nitrogens with zero attached hydrogens (tertiary/aromatic N) is 5. The molecule has 3 aromatic rings. The first-order valence-electron chi connectivity index (χ1n) is 8.82. The highest BCUT2D eigenvalue weighted by molar-refractivity contribution is 7.19. The summed E-state index contributed by atoms with van der Waals surface area (Å²) in [5, 5.41) is 8.10. The lowest BCUT2D eigenvalue weighted by Gasteiger charge is -2.19. The highest BCUT2D eigenvalue weighted by Crippen LogP contribution is 2.42. The zero-order valence-electron chi connectivity index (χ0n) is 15.6. The lowest BCUT2D eigenvalue weighted by atomic mass is 10.2. The van der Waals surface area contributed by atoms with E-state index in [1.54, 1.807) is 11.9 Å². The normalized spacial score (nSPS) is 12.1. The fraction of sp³-hybridized carbons (Fsp3) is 0.316. The van der Waals surface area contributed by atoms with Crippen LogP contribution in [0.2, 0.25) is 0 Å². The van der Waals surface area contributed by atoms with Crippen LogP contribution in [0.4, 0.5) is 9.93 Å². The Labute approximate surface area is 162 Å². The molecule has 0 unspecified atom stereocenters. The first-order chi connectivity index (χ1) is 13.0. The van der Waals surface area contributed by atoms with E-state index in [1.807, 2.05) is 60.2 Å². The van der Waals surface area contributed by atoms with Crippen molar-refractivity contribution in [2.24, 2.45) is 0 Å². The molecular formula is C19H22N6OS. The van der Waals surface area contributed by atoms with Crippen molar-refractivity contribution in [2.45, 2.75) is 6.42 Å². The van der Waals surface area contributed by atoms with Crippen LogP contribution in [0.25, 0.3) is 16.3 Å². The SMILES string of the molecule is CN(C)CCN(C)C(=O)Nc1nc2c(s1)-c1c(cnn1-c1ccccc1)C2. The number of hydrogen-bond acceptors (Lipinski definition) is 5. The molecular weight excluding hydrogens is 360 g/mol. The topological polar surface area (TPSA) is 66.3 Å². The average Bonchev–Trinajstić information content (AvgIpc) is 3.31. The maximum absolute atomic E-state index is 12.4. The molecule has 1 aromatic carbocycles. The van der Waals surface area contributed by atoms with Crippen LogP contribution >= 0.6 is 11.3 Å². The van der Waals surface area contributed by atoms with Crippen molar-refractivity contribution in [3.05, 3.63) is 47.8 Å². The van der Waals surface area contributed by atoms with Crippen molar-refractivity contribution in [3.8, 4) is 16.3 Å². The van der Waals surface area contributed by atoms with Gasteiger partial charge in [0.25, 0.3) is 0 Å². The predicted molar refractivity (Wildman–Crippen MR) is 108 cm³/mol. The van der Waals surface area contributed by atoms with Crippen LogP contribution in [0.1, 0.15) is 11.3 Å². The van der Waals surface area contributed by atoms with Crippen LogP contribution in [-0.4, -0.2) is 64.8 Å². The summed E-state index contributed by atoms with van der Waals surface area (Å²) in [4.78, 5) is 21.8. The molecule has 1 aliphatic rings. The Balaban J connectivity index is 1.54. The average molecular weight is 382 g/mol. The summed E-state index contributed by atoms with van der Waals surface area (Å²) in [7, 11) is 5.78. The fourth-order valence-corrected chi connectivity index (χ4v) is 4.08. The number of aromatic nitrogens is 3. The van der Waals surface area contributed by atoms with Gasteiger partial charge in [-0.05, 0) is 26.2 Å². The smallest absolute Gasteiger partial charge is 0.323 e. The maximum Gasteiger partial charge on any atom is 0.323 e. The molecule has 0 aliphatic heterocycles. The number of nitrogens with one attached hydrogen (secondary N) is 1. The molecule has 0 fully saturated rings. The number of anilines is 1. The number of benzene rings is 1. The number of likely N-dealkylation sites (N-methyl/N-ethyl adjacent to an activating group) is 2. The van der Waals surface area contributed by atoms with Crippen LogP contribution in [-0.2, 0) is 6.42 Å². The minimum absolute atomic E-state index is 0.138. The number of rotatable bonds is 5. The Bertz CT molecular complexity index is 962. The van der Waals surface area contributed by atoms with E-state index in [0.29, 0.717) is 11.7 Å². The van der Waals surface area contributed by atoms with Gasteiger partial charge in [-0.1, -0.05) is 29.5 Å². The van der Waals surface area contributed by atoms with Gasteiger partial charge in [0, 0.05) is 32.1 Å². The molecule has 4 rings (SSSR count). The number of amides is 2. The zero-order chi connectivity index (χ0) is 19.0. The first kappa shape index (κ1) is 17.7. The minimum Gasteiger partial charge on any atom is -0.326 e. The van der Waals surface area contributed by atoms with E-state index in [4.69, 9.17) is 0 Å². The molecule has 0 saturated heterocycles. The Kier molecular flexibility index (Phi) is 4.67. The zero-order valence-corrected chi connectivity index (χ0v) is 16.5. The quantitative estimate of drug-likeness (QED) is 0.576. The Hall–Kier alpha value is -2.71. The Morgan fingerprint density at radius 1 is 1.22 bits per heavy atom. The Morgan fingerprint density at radius 2 is 2.00 bits per heavy atom. The van der Waals surface area contributed by atoms with E-state index in [1.165, 1.54) is 16.9 Å². The summed E-state index contributed by atoms with van der Waals surface area (Å²) in [5.41, 5.74) is 4.28. The second-order valence-electron chi connectivity index (χ2n) is 6.89. The standard InChI is InChI=1S/C19H22N6OS/c1-23(2)9-10-24(3)19(26)22-18-21-15-11-13-12-20-25(16(13)17(15)27-18)14-7-5-4-6-8-14/h4-8,12H,9-11H2,1-3H3,(H,21,22,26).